The minimum atomic E-state index is -3.81. The van der Waals surface area contributed by atoms with E-state index < -0.39 is 9.05 Å². The lowest BCUT2D eigenvalue weighted by Crippen LogP contribution is -2.22. The van der Waals surface area contributed by atoms with Crippen LogP contribution < -0.4 is 20.5 Å². The number of amides is 1. The number of aryl methyl sites for hydroxylation is 1. The van der Waals surface area contributed by atoms with E-state index in [1.165, 1.54) is 29.8 Å². The van der Waals surface area contributed by atoms with Crippen LogP contribution in [0.15, 0.2) is 65.6 Å². The molecule has 0 radical (unpaired) electrons. The summed E-state index contributed by atoms with van der Waals surface area (Å²) in [7, 11) is 1.50. The third-order valence-corrected chi connectivity index (χ3v) is 6.93. The van der Waals surface area contributed by atoms with Gasteiger partial charge in [0, 0.05) is 21.8 Å². The quantitative estimate of drug-likeness (QED) is 0.339. The van der Waals surface area contributed by atoms with Gasteiger partial charge in [0.05, 0.1) is 4.90 Å². The number of rotatable bonds is 5. The number of benzene rings is 4. The largest absolute Gasteiger partial charge is 0.484 e. The number of fused-ring (bicyclic) bond motifs is 2. The summed E-state index contributed by atoms with van der Waals surface area (Å²) in [4.78, 5) is 12.6. The van der Waals surface area contributed by atoms with Crippen LogP contribution in [-0.4, -0.2) is 20.9 Å². The number of hydrogen-bond acceptors (Lipinski definition) is 4. The second-order valence-electron chi connectivity index (χ2n) is 7.65. The lowest BCUT2D eigenvalue weighted by atomic mass is 9.94. The Morgan fingerprint density at radius 2 is 1.70 bits per heavy atom. The molecule has 0 unspecified atom stereocenters. The molecule has 7 heteroatoms. The molecule has 0 aliphatic carbocycles. The number of anilines is 1. The fraction of sp³-hybridized carbons (Fsp3) is 0.115. The minimum absolute atomic E-state index is 0.0364. The van der Waals surface area contributed by atoms with Gasteiger partial charge in [-0.1, -0.05) is 43.0 Å². The maximum absolute atomic E-state index is 12.7. The molecule has 33 heavy (non-hydrogen) atoms. The molecule has 0 atom stereocenters. The molecule has 1 N–H and O–H groups in total. The van der Waals surface area contributed by atoms with Crippen LogP contribution >= 0.6 is 10.7 Å². The summed E-state index contributed by atoms with van der Waals surface area (Å²) in [6.07, 6.45) is 2.08. The van der Waals surface area contributed by atoms with Gasteiger partial charge in [-0.25, -0.2) is 8.42 Å². The summed E-state index contributed by atoms with van der Waals surface area (Å²) in [5.41, 5.74) is 1.82. The molecule has 0 aromatic heterocycles. The molecule has 0 saturated heterocycles. The zero-order valence-electron chi connectivity index (χ0n) is 18.2. The van der Waals surface area contributed by atoms with Crippen molar-refractivity contribution in [3.63, 3.8) is 0 Å². The summed E-state index contributed by atoms with van der Waals surface area (Å²) in [6, 6.07) is 17.5. The second-order valence-corrected chi connectivity index (χ2v) is 10.2. The molecule has 4 aromatic carbocycles. The monoisotopic (exact) mass is 479 g/mol. The van der Waals surface area contributed by atoms with Crippen molar-refractivity contribution in [3.8, 4) is 5.75 Å². The first kappa shape index (κ1) is 22.8. The van der Waals surface area contributed by atoms with Gasteiger partial charge < -0.3 is 10.1 Å². The number of halogens is 1. The maximum Gasteiger partial charge on any atom is 0.262 e. The van der Waals surface area contributed by atoms with Crippen LogP contribution in [-0.2, 0) is 13.8 Å². The first-order valence-corrected chi connectivity index (χ1v) is 12.6. The van der Waals surface area contributed by atoms with Gasteiger partial charge in [0.1, 0.15) is 5.75 Å². The fourth-order valence-corrected chi connectivity index (χ4v) is 4.86. The molecule has 4 aromatic rings. The summed E-state index contributed by atoms with van der Waals surface area (Å²) < 4.78 is 28.2. The maximum atomic E-state index is 12.7. The van der Waals surface area contributed by atoms with Crippen LogP contribution in [0, 0.1) is 6.92 Å². The van der Waals surface area contributed by atoms with Crippen molar-refractivity contribution in [2.45, 2.75) is 18.7 Å². The van der Waals surface area contributed by atoms with E-state index >= 15 is 0 Å². The molecular weight excluding hydrogens is 458 g/mol. The standard InChI is InChI=1S/C26H22ClNO4S/c1-4-20-22-9-6-10-23(26(22)17(3)21-8-5-7-16(2)25(20)21)28-24(29)15-32-18-11-13-19(14-12-18)33(27,30)31/h4-14H,3,15H2,1-2H3,(H,28,29)/b20-4-. The van der Waals surface area contributed by atoms with Gasteiger partial charge in [0.25, 0.3) is 15.0 Å². The predicted molar refractivity (Wildman–Crippen MR) is 135 cm³/mol. The SMILES string of the molecule is C=c1c2cccc(C)c2/c(=C\C)c2cccc(NC(=O)COc3ccc(S(=O)(=O)Cl)cc3)c12. The Bertz CT molecular complexity index is 1610. The Morgan fingerprint density at radius 1 is 1.03 bits per heavy atom. The molecule has 4 rings (SSSR count). The third-order valence-electron chi connectivity index (χ3n) is 5.56. The smallest absolute Gasteiger partial charge is 0.262 e. The average Bonchev–Trinajstić information content (AvgIpc) is 2.78. The number of carbonyl (C=O) groups is 1. The van der Waals surface area contributed by atoms with Crippen LogP contribution in [0.1, 0.15) is 12.5 Å². The van der Waals surface area contributed by atoms with Crippen molar-refractivity contribution in [3.05, 3.63) is 76.7 Å². The average molecular weight is 480 g/mol. The third kappa shape index (κ3) is 4.45. The van der Waals surface area contributed by atoms with Gasteiger partial charge >= 0.3 is 0 Å². The number of carbonyl (C=O) groups excluding carboxylic acids is 1. The van der Waals surface area contributed by atoms with E-state index in [2.05, 4.69) is 31.0 Å². The molecule has 5 nitrogen and oxygen atoms in total. The molecule has 0 aliphatic rings. The summed E-state index contributed by atoms with van der Waals surface area (Å²) >= 11 is 0. The highest BCUT2D eigenvalue weighted by Gasteiger charge is 2.13. The van der Waals surface area contributed by atoms with Gasteiger partial charge in [-0.15, -0.1) is 0 Å². The lowest BCUT2D eigenvalue weighted by Gasteiger charge is -2.14. The number of ether oxygens (including phenoxy) is 1. The molecule has 1 amide bonds. The normalized spacial score (nSPS) is 12.3. The molecule has 168 valence electrons. The zero-order chi connectivity index (χ0) is 23.8. The van der Waals surface area contributed by atoms with Crippen molar-refractivity contribution >= 4 is 65.5 Å². The minimum Gasteiger partial charge on any atom is -0.484 e. The molecule has 0 heterocycles. The highest BCUT2D eigenvalue weighted by atomic mass is 35.7. The van der Waals surface area contributed by atoms with Gasteiger partial charge in [0.15, 0.2) is 6.61 Å². The van der Waals surface area contributed by atoms with Gasteiger partial charge in [0.2, 0.25) is 0 Å². The fourth-order valence-electron chi connectivity index (χ4n) is 4.09. The van der Waals surface area contributed by atoms with Gasteiger partial charge in [-0.2, -0.15) is 0 Å². The Kier molecular flexibility index (Phi) is 6.15. The summed E-state index contributed by atoms with van der Waals surface area (Å²) in [6.45, 7) is 8.17. The molecule has 0 fully saturated rings. The van der Waals surface area contributed by atoms with E-state index in [1.807, 2.05) is 37.3 Å². The van der Waals surface area contributed by atoms with E-state index in [4.69, 9.17) is 15.4 Å². The lowest BCUT2D eigenvalue weighted by molar-refractivity contribution is -0.118. The first-order chi connectivity index (χ1) is 15.7. The number of hydrogen-bond donors (Lipinski definition) is 1. The summed E-state index contributed by atoms with van der Waals surface area (Å²) in [5, 5.41) is 8.98. The highest BCUT2D eigenvalue weighted by molar-refractivity contribution is 8.13. The van der Waals surface area contributed by atoms with Crippen LogP contribution in [0.3, 0.4) is 0 Å². The van der Waals surface area contributed by atoms with Crippen molar-refractivity contribution in [1.82, 2.24) is 0 Å². The van der Waals surface area contributed by atoms with E-state index in [-0.39, 0.29) is 17.4 Å². The van der Waals surface area contributed by atoms with Crippen LogP contribution in [0.4, 0.5) is 5.69 Å². The van der Waals surface area contributed by atoms with Crippen molar-refractivity contribution in [1.29, 1.82) is 0 Å². The Labute approximate surface area is 196 Å². The van der Waals surface area contributed by atoms with E-state index in [9.17, 15) is 13.2 Å². The molecule has 0 bridgehead atoms. The number of nitrogens with one attached hydrogen (secondary N) is 1. The Morgan fingerprint density at radius 3 is 2.36 bits per heavy atom. The molecule has 0 aliphatic heterocycles. The Balaban J connectivity index is 1.65. The van der Waals surface area contributed by atoms with Gasteiger partial charge in [-0.3, -0.25) is 4.79 Å². The first-order valence-electron chi connectivity index (χ1n) is 10.3. The van der Waals surface area contributed by atoms with E-state index in [0.717, 1.165) is 32.0 Å². The molecule has 0 saturated carbocycles. The van der Waals surface area contributed by atoms with E-state index in [0.29, 0.717) is 11.4 Å². The van der Waals surface area contributed by atoms with Crippen molar-refractivity contribution in [2.24, 2.45) is 0 Å². The van der Waals surface area contributed by atoms with E-state index in [1.54, 1.807) is 0 Å². The topological polar surface area (TPSA) is 72.5 Å². The summed E-state index contributed by atoms with van der Waals surface area (Å²) in [5.74, 6) is 0.0108. The second kappa shape index (κ2) is 8.89. The zero-order valence-corrected chi connectivity index (χ0v) is 19.8. The van der Waals surface area contributed by atoms with Crippen LogP contribution in [0.5, 0.6) is 5.75 Å². The molecular formula is C26H22ClNO4S. The van der Waals surface area contributed by atoms with Crippen LogP contribution in [0.2, 0.25) is 0 Å². The predicted octanol–water partition coefficient (Wildman–Crippen LogP) is 4.46. The van der Waals surface area contributed by atoms with Gasteiger partial charge in [-0.05, 0) is 76.3 Å². The molecule has 0 spiro atoms. The Hall–Kier alpha value is -3.35. The van der Waals surface area contributed by atoms with Crippen molar-refractivity contribution < 1.29 is 17.9 Å². The van der Waals surface area contributed by atoms with Crippen molar-refractivity contribution in [2.75, 3.05) is 11.9 Å². The highest BCUT2D eigenvalue weighted by Crippen LogP contribution is 2.23. The van der Waals surface area contributed by atoms with Crippen LogP contribution in [0.25, 0.3) is 34.2 Å².